The first-order chi connectivity index (χ1) is 12.2. The first kappa shape index (κ1) is 17.1. The number of carbonyl (C=O) groups is 1. The van der Waals surface area contributed by atoms with Gasteiger partial charge in [0.25, 0.3) is 5.91 Å². The van der Waals surface area contributed by atoms with Crippen molar-refractivity contribution in [3.05, 3.63) is 53.5 Å². The highest BCUT2D eigenvalue weighted by Gasteiger charge is 2.31. The lowest BCUT2D eigenvalue weighted by Gasteiger charge is -2.34. The number of nitriles is 1. The Labute approximate surface area is 146 Å². The highest BCUT2D eigenvalue weighted by molar-refractivity contribution is 5.78. The first-order valence-corrected chi connectivity index (χ1v) is 8.30. The van der Waals surface area contributed by atoms with Crippen LogP contribution in [0.2, 0.25) is 0 Å². The van der Waals surface area contributed by atoms with Crippen molar-refractivity contribution in [2.24, 2.45) is 0 Å². The molecule has 1 saturated heterocycles. The second-order valence-electron chi connectivity index (χ2n) is 5.73. The molecule has 130 valence electrons. The normalized spacial score (nSPS) is 17.1. The van der Waals surface area contributed by atoms with Gasteiger partial charge in [0.2, 0.25) is 0 Å². The fraction of sp³-hybridized carbons (Fsp3) is 0.368. The van der Waals surface area contributed by atoms with Gasteiger partial charge in [-0.1, -0.05) is 19.1 Å². The van der Waals surface area contributed by atoms with E-state index < -0.39 is 0 Å². The molecule has 0 radical (unpaired) electrons. The van der Waals surface area contributed by atoms with E-state index >= 15 is 0 Å². The molecule has 0 aliphatic carbocycles. The number of hydrogen-bond donors (Lipinski definition) is 0. The predicted octanol–water partition coefficient (Wildman–Crippen LogP) is 2.69. The van der Waals surface area contributed by atoms with E-state index in [1.54, 1.807) is 29.2 Å². The zero-order valence-electron chi connectivity index (χ0n) is 14.1. The number of amides is 1. The van der Waals surface area contributed by atoms with Gasteiger partial charge in [-0.3, -0.25) is 4.79 Å². The summed E-state index contributed by atoms with van der Waals surface area (Å²) in [5, 5.41) is 9.09. The van der Waals surface area contributed by atoms with Gasteiger partial charge in [0, 0.05) is 13.0 Å². The van der Waals surface area contributed by atoms with Gasteiger partial charge in [-0.15, -0.1) is 0 Å². The summed E-state index contributed by atoms with van der Waals surface area (Å²) in [4.78, 5) is 14.4. The van der Waals surface area contributed by atoms with Gasteiger partial charge in [0.1, 0.15) is 29.4 Å². The van der Waals surface area contributed by atoms with Crippen LogP contribution in [0.15, 0.2) is 40.8 Å². The fourth-order valence-corrected chi connectivity index (χ4v) is 2.81. The smallest absolute Gasteiger partial charge is 0.261 e. The number of nitrogens with zero attached hydrogens (tertiary/aromatic N) is 2. The van der Waals surface area contributed by atoms with Crippen LogP contribution in [0.3, 0.4) is 0 Å². The van der Waals surface area contributed by atoms with Gasteiger partial charge in [-0.05, 0) is 24.3 Å². The number of rotatable bonds is 5. The number of aryl methyl sites for hydroxylation is 1. The third-order valence-corrected chi connectivity index (χ3v) is 4.17. The van der Waals surface area contributed by atoms with Crippen molar-refractivity contribution in [3.8, 4) is 11.8 Å². The molecular formula is C19H20N2O4. The molecule has 0 unspecified atom stereocenters. The summed E-state index contributed by atoms with van der Waals surface area (Å²) in [5.74, 6) is 1.86. The van der Waals surface area contributed by atoms with E-state index in [-0.39, 0.29) is 18.6 Å². The largest absolute Gasteiger partial charge is 0.482 e. The highest BCUT2D eigenvalue weighted by Crippen LogP contribution is 2.26. The molecule has 6 heteroatoms. The number of furan rings is 1. The summed E-state index contributed by atoms with van der Waals surface area (Å²) >= 11 is 0. The van der Waals surface area contributed by atoms with Gasteiger partial charge in [0.05, 0.1) is 18.8 Å². The van der Waals surface area contributed by atoms with Gasteiger partial charge in [-0.2, -0.15) is 5.26 Å². The minimum Gasteiger partial charge on any atom is -0.482 e. The van der Waals surface area contributed by atoms with Crippen LogP contribution >= 0.6 is 0 Å². The zero-order chi connectivity index (χ0) is 17.6. The Morgan fingerprint density at radius 2 is 2.20 bits per heavy atom. The SMILES string of the molecule is CCc1ccc([C@H]2COCCN2C(=O)COc2ccccc2C#N)o1. The predicted molar refractivity (Wildman–Crippen MR) is 90.0 cm³/mol. The maximum absolute atomic E-state index is 12.7. The van der Waals surface area contributed by atoms with Crippen LogP contribution in [0.25, 0.3) is 0 Å². The van der Waals surface area contributed by atoms with E-state index in [0.29, 0.717) is 31.1 Å². The van der Waals surface area contributed by atoms with Gasteiger partial charge < -0.3 is 18.8 Å². The van der Waals surface area contributed by atoms with Crippen LogP contribution in [0.5, 0.6) is 5.75 Å². The Bertz CT molecular complexity index is 778. The number of benzene rings is 1. The summed E-state index contributed by atoms with van der Waals surface area (Å²) in [6, 6.07) is 12.5. The average molecular weight is 340 g/mol. The molecule has 0 N–H and O–H groups in total. The molecule has 2 heterocycles. The van der Waals surface area contributed by atoms with E-state index in [9.17, 15) is 4.79 Å². The van der Waals surface area contributed by atoms with Crippen LogP contribution in [-0.4, -0.2) is 37.2 Å². The summed E-state index contributed by atoms with van der Waals surface area (Å²) in [5.41, 5.74) is 0.410. The standard InChI is InChI=1S/C19H20N2O4/c1-2-15-7-8-18(25-15)16-12-23-10-9-21(16)19(22)13-24-17-6-4-3-5-14(17)11-20/h3-8,16H,2,9-10,12-13H2,1H3/t16-/m1/s1. The molecule has 6 nitrogen and oxygen atoms in total. The molecule has 2 aromatic rings. The first-order valence-electron chi connectivity index (χ1n) is 8.30. The topological polar surface area (TPSA) is 75.7 Å². The minimum atomic E-state index is -0.253. The molecule has 1 aromatic carbocycles. The van der Waals surface area contributed by atoms with Crippen LogP contribution in [-0.2, 0) is 16.0 Å². The van der Waals surface area contributed by atoms with Crippen molar-refractivity contribution in [3.63, 3.8) is 0 Å². The van der Waals surface area contributed by atoms with Crippen LogP contribution in [0.4, 0.5) is 0 Å². The lowest BCUT2D eigenvalue weighted by atomic mass is 10.1. The van der Waals surface area contributed by atoms with Crippen molar-refractivity contribution in [1.82, 2.24) is 4.90 Å². The van der Waals surface area contributed by atoms with Crippen molar-refractivity contribution in [2.75, 3.05) is 26.4 Å². The van der Waals surface area contributed by atoms with Crippen LogP contribution in [0, 0.1) is 11.3 Å². The third kappa shape index (κ3) is 3.83. The van der Waals surface area contributed by atoms with Crippen LogP contribution < -0.4 is 4.74 Å². The zero-order valence-corrected chi connectivity index (χ0v) is 14.1. The van der Waals surface area contributed by atoms with Gasteiger partial charge >= 0.3 is 0 Å². The monoisotopic (exact) mass is 340 g/mol. The summed E-state index contributed by atoms with van der Waals surface area (Å²) < 4.78 is 16.9. The maximum Gasteiger partial charge on any atom is 0.261 e. The molecule has 0 bridgehead atoms. The van der Waals surface area contributed by atoms with E-state index in [1.165, 1.54) is 0 Å². The van der Waals surface area contributed by atoms with Crippen molar-refractivity contribution in [2.45, 2.75) is 19.4 Å². The molecule has 0 saturated carbocycles. The number of hydrogen-bond acceptors (Lipinski definition) is 5. The maximum atomic E-state index is 12.7. The molecule has 1 aliphatic rings. The lowest BCUT2D eigenvalue weighted by Crippen LogP contribution is -2.45. The number of morpholine rings is 1. The average Bonchev–Trinajstić information content (AvgIpc) is 3.15. The van der Waals surface area contributed by atoms with E-state index in [2.05, 4.69) is 6.07 Å². The van der Waals surface area contributed by atoms with E-state index in [1.807, 2.05) is 19.1 Å². The van der Waals surface area contributed by atoms with Crippen molar-refractivity contribution in [1.29, 1.82) is 5.26 Å². The molecule has 0 spiro atoms. The second kappa shape index (κ2) is 7.86. The summed E-state index contributed by atoms with van der Waals surface area (Å²) in [6.45, 7) is 3.25. The number of para-hydroxylation sites is 1. The molecule has 1 atom stereocenters. The lowest BCUT2D eigenvalue weighted by molar-refractivity contribution is -0.143. The molecule has 1 aromatic heterocycles. The Morgan fingerprint density at radius 1 is 1.36 bits per heavy atom. The highest BCUT2D eigenvalue weighted by atomic mass is 16.5. The van der Waals surface area contributed by atoms with E-state index in [4.69, 9.17) is 19.2 Å². The van der Waals surface area contributed by atoms with Crippen molar-refractivity contribution >= 4 is 5.91 Å². The fourth-order valence-electron chi connectivity index (χ4n) is 2.81. The Kier molecular flexibility index (Phi) is 5.36. The molecule has 1 aliphatic heterocycles. The number of ether oxygens (including phenoxy) is 2. The van der Waals surface area contributed by atoms with E-state index in [0.717, 1.165) is 17.9 Å². The Hall–Kier alpha value is -2.78. The molecule has 1 amide bonds. The molecule has 3 rings (SSSR count). The quantitative estimate of drug-likeness (QED) is 0.836. The summed E-state index contributed by atoms with van der Waals surface area (Å²) in [7, 11) is 0. The second-order valence-corrected chi connectivity index (χ2v) is 5.73. The Morgan fingerprint density at radius 3 is 2.96 bits per heavy atom. The summed E-state index contributed by atoms with van der Waals surface area (Å²) in [6.07, 6.45) is 0.801. The molecular weight excluding hydrogens is 320 g/mol. The number of carbonyl (C=O) groups excluding carboxylic acids is 1. The van der Waals surface area contributed by atoms with Crippen LogP contribution in [0.1, 0.15) is 30.0 Å². The molecule has 25 heavy (non-hydrogen) atoms. The van der Waals surface area contributed by atoms with Crippen molar-refractivity contribution < 1.29 is 18.7 Å². The molecule has 1 fully saturated rings. The van der Waals surface area contributed by atoms with Gasteiger partial charge in [-0.25, -0.2) is 0 Å². The Balaban J connectivity index is 1.69. The third-order valence-electron chi connectivity index (χ3n) is 4.17. The minimum absolute atomic E-state index is 0.128. The van der Waals surface area contributed by atoms with Gasteiger partial charge in [0.15, 0.2) is 6.61 Å².